The van der Waals surface area contributed by atoms with Crippen LogP contribution >= 0.6 is 0 Å². The molecule has 144 valence electrons. The van der Waals surface area contributed by atoms with Gasteiger partial charge in [0.15, 0.2) is 0 Å². The minimum absolute atomic E-state index is 0.899. The van der Waals surface area contributed by atoms with Crippen LogP contribution in [-0.4, -0.2) is 4.98 Å². The number of rotatable bonds is 1. The smallest absolute Gasteiger partial charge is 0.136 e. The van der Waals surface area contributed by atoms with Crippen LogP contribution in [0.1, 0.15) is 0 Å². The van der Waals surface area contributed by atoms with Crippen molar-refractivity contribution in [3.05, 3.63) is 103 Å². The standard InChI is InChI=1S/C29H17NO/c1-3-9-22-18(6-1)14-19-7-2-4-10-23(19)29(22)21-11-12-27-24(15-21)25-17-26-20(8-5-13-30-26)16-28(25)31-27/h1-17H. The van der Waals surface area contributed by atoms with Gasteiger partial charge in [-0.3, -0.25) is 4.98 Å². The Bertz CT molecular complexity index is 1740. The van der Waals surface area contributed by atoms with Crippen LogP contribution in [-0.2, 0) is 0 Å². The topological polar surface area (TPSA) is 26.0 Å². The Morgan fingerprint density at radius 1 is 0.516 bits per heavy atom. The molecule has 0 unspecified atom stereocenters. The Labute approximate surface area is 178 Å². The SMILES string of the molecule is c1cnc2cc3c(cc2c1)oc1ccc(-c2c4ccccc4cc4ccccc24)cc13. The van der Waals surface area contributed by atoms with E-state index < -0.39 is 0 Å². The van der Waals surface area contributed by atoms with Crippen molar-refractivity contribution in [3.63, 3.8) is 0 Å². The Hall–Kier alpha value is -4.17. The molecular formula is C29H17NO. The lowest BCUT2D eigenvalue weighted by atomic mass is 9.91. The van der Waals surface area contributed by atoms with Crippen LogP contribution in [0, 0.1) is 0 Å². The molecule has 0 aliphatic rings. The van der Waals surface area contributed by atoms with Crippen LogP contribution in [0.4, 0.5) is 0 Å². The average molecular weight is 395 g/mol. The molecule has 0 atom stereocenters. The van der Waals surface area contributed by atoms with Crippen molar-refractivity contribution < 1.29 is 4.42 Å². The Morgan fingerprint density at radius 3 is 2.03 bits per heavy atom. The van der Waals surface area contributed by atoms with Gasteiger partial charge in [0.05, 0.1) is 5.52 Å². The van der Waals surface area contributed by atoms with Crippen LogP contribution in [0.2, 0.25) is 0 Å². The number of hydrogen-bond donors (Lipinski definition) is 0. The molecule has 0 spiro atoms. The molecule has 0 aliphatic heterocycles. The molecule has 2 nitrogen and oxygen atoms in total. The van der Waals surface area contributed by atoms with Gasteiger partial charge in [0, 0.05) is 22.4 Å². The summed E-state index contributed by atoms with van der Waals surface area (Å²) in [7, 11) is 0. The Morgan fingerprint density at radius 2 is 1.23 bits per heavy atom. The molecule has 2 aromatic heterocycles. The minimum atomic E-state index is 0.899. The van der Waals surface area contributed by atoms with Gasteiger partial charge in [0.2, 0.25) is 0 Å². The molecule has 5 aromatic carbocycles. The molecule has 0 fully saturated rings. The number of fused-ring (bicyclic) bond motifs is 6. The van der Waals surface area contributed by atoms with Gasteiger partial charge < -0.3 is 4.42 Å². The van der Waals surface area contributed by atoms with Gasteiger partial charge in [0.25, 0.3) is 0 Å². The van der Waals surface area contributed by atoms with Crippen molar-refractivity contribution in [2.24, 2.45) is 0 Å². The van der Waals surface area contributed by atoms with E-state index in [9.17, 15) is 0 Å². The summed E-state index contributed by atoms with van der Waals surface area (Å²) in [5.41, 5.74) is 5.25. The van der Waals surface area contributed by atoms with E-state index in [-0.39, 0.29) is 0 Å². The van der Waals surface area contributed by atoms with Crippen molar-refractivity contribution in [1.29, 1.82) is 0 Å². The lowest BCUT2D eigenvalue weighted by Crippen LogP contribution is -1.85. The van der Waals surface area contributed by atoms with E-state index in [2.05, 4.69) is 96.0 Å². The molecule has 0 saturated heterocycles. The van der Waals surface area contributed by atoms with Crippen molar-refractivity contribution in [3.8, 4) is 11.1 Å². The predicted octanol–water partition coefficient (Wildman–Crippen LogP) is 8.11. The monoisotopic (exact) mass is 395 g/mol. The summed E-state index contributed by atoms with van der Waals surface area (Å²) in [5.74, 6) is 0. The van der Waals surface area contributed by atoms with E-state index in [0.29, 0.717) is 0 Å². The quantitative estimate of drug-likeness (QED) is 0.262. The largest absolute Gasteiger partial charge is 0.456 e. The van der Waals surface area contributed by atoms with Gasteiger partial charge in [-0.2, -0.15) is 0 Å². The highest BCUT2D eigenvalue weighted by atomic mass is 16.3. The van der Waals surface area contributed by atoms with Crippen molar-refractivity contribution in [2.45, 2.75) is 0 Å². The number of aromatic nitrogens is 1. The maximum atomic E-state index is 6.20. The summed E-state index contributed by atoms with van der Waals surface area (Å²) >= 11 is 0. The molecule has 2 heteroatoms. The number of benzene rings is 5. The second-order valence-corrected chi connectivity index (χ2v) is 8.05. The van der Waals surface area contributed by atoms with Crippen molar-refractivity contribution in [2.75, 3.05) is 0 Å². The van der Waals surface area contributed by atoms with E-state index >= 15 is 0 Å². The summed E-state index contributed by atoms with van der Waals surface area (Å²) in [4.78, 5) is 4.54. The molecule has 31 heavy (non-hydrogen) atoms. The normalized spacial score (nSPS) is 11.9. The second-order valence-electron chi connectivity index (χ2n) is 8.05. The van der Waals surface area contributed by atoms with Gasteiger partial charge in [-0.25, -0.2) is 0 Å². The van der Waals surface area contributed by atoms with Crippen LogP contribution in [0.25, 0.3) is 65.5 Å². The van der Waals surface area contributed by atoms with E-state index in [1.165, 1.54) is 32.7 Å². The molecule has 2 heterocycles. The zero-order chi connectivity index (χ0) is 20.4. The number of furan rings is 1. The molecule has 7 rings (SSSR count). The highest BCUT2D eigenvalue weighted by Crippen LogP contribution is 2.39. The first-order chi connectivity index (χ1) is 15.3. The first-order valence-corrected chi connectivity index (χ1v) is 10.5. The average Bonchev–Trinajstić information content (AvgIpc) is 3.17. The molecule has 0 saturated carbocycles. The molecule has 0 bridgehead atoms. The summed E-state index contributed by atoms with van der Waals surface area (Å²) < 4.78 is 6.20. The van der Waals surface area contributed by atoms with Crippen LogP contribution in [0.15, 0.2) is 108 Å². The van der Waals surface area contributed by atoms with Crippen LogP contribution in [0.5, 0.6) is 0 Å². The zero-order valence-corrected chi connectivity index (χ0v) is 16.7. The van der Waals surface area contributed by atoms with Gasteiger partial charge in [-0.1, -0.05) is 60.7 Å². The first kappa shape index (κ1) is 16.6. The zero-order valence-electron chi connectivity index (χ0n) is 16.7. The van der Waals surface area contributed by atoms with Crippen LogP contribution in [0.3, 0.4) is 0 Å². The third kappa shape index (κ3) is 2.42. The second kappa shape index (κ2) is 6.16. The summed E-state index contributed by atoms with van der Waals surface area (Å²) in [6.07, 6.45) is 1.84. The van der Waals surface area contributed by atoms with E-state index in [1.807, 2.05) is 12.3 Å². The molecule has 0 aliphatic carbocycles. The predicted molar refractivity (Wildman–Crippen MR) is 129 cm³/mol. The summed E-state index contributed by atoms with van der Waals surface area (Å²) in [6, 6.07) is 34.3. The van der Waals surface area contributed by atoms with E-state index in [1.54, 1.807) is 0 Å². The summed E-state index contributed by atoms with van der Waals surface area (Å²) in [5, 5.41) is 8.35. The Kier molecular flexibility index (Phi) is 3.30. The fraction of sp³-hybridized carbons (Fsp3) is 0. The highest BCUT2D eigenvalue weighted by Gasteiger charge is 2.14. The van der Waals surface area contributed by atoms with E-state index in [4.69, 9.17) is 4.42 Å². The van der Waals surface area contributed by atoms with Crippen molar-refractivity contribution in [1.82, 2.24) is 4.98 Å². The van der Waals surface area contributed by atoms with Gasteiger partial charge in [0.1, 0.15) is 11.2 Å². The van der Waals surface area contributed by atoms with Crippen molar-refractivity contribution >= 4 is 54.4 Å². The number of nitrogens with zero attached hydrogens (tertiary/aromatic N) is 1. The van der Waals surface area contributed by atoms with Gasteiger partial charge >= 0.3 is 0 Å². The molecule has 0 radical (unpaired) electrons. The first-order valence-electron chi connectivity index (χ1n) is 10.5. The molecule has 0 amide bonds. The summed E-state index contributed by atoms with van der Waals surface area (Å²) in [6.45, 7) is 0. The fourth-order valence-electron chi connectivity index (χ4n) is 4.82. The molecular weight excluding hydrogens is 378 g/mol. The lowest BCUT2D eigenvalue weighted by molar-refractivity contribution is 0.669. The van der Waals surface area contributed by atoms with Crippen LogP contribution < -0.4 is 0 Å². The molecule has 7 aromatic rings. The molecule has 0 N–H and O–H groups in total. The maximum absolute atomic E-state index is 6.20. The third-order valence-electron chi connectivity index (χ3n) is 6.25. The Balaban J connectivity index is 1.60. The minimum Gasteiger partial charge on any atom is -0.456 e. The maximum Gasteiger partial charge on any atom is 0.136 e. The third-order valence-corrected chi connectivity index (χ3v) is 6.25. The number of hydrogen-bond acceptors (Lipinski definition) is 2. The highest BCUT2D eigenvalue weighted by molar-refractivity contribution is 6.15. The fourth-order valence-corrected chi connectivity index (χ4v) is 4.82. The van der Waals surface area contributed by atoms with Gasteiger partial charge in [-0.05, 0) is 69.1 Å². The van der Waals surface area contributed by atoms with E-state index in [0.717, 1.165) is 32.8 Å². The van der Waals surface area contributed by atoms with Gasteiger partial charge in [-0.15, -0.1) is 0 Å². The lowest BCUT2D eigenvalue weighted by Gasteiger charge is -2.12. The number of pyridine rings is 1.